The number of nitrogens with zero attached hydrogens (tertiary/aromatic N) is 1. The Labute approximate surface area is 144 Å². The molecule has 2 unspecified atom stereocenters. The fourth-order valence-corrected chi connectivity index (χ4v) is 4.45. The molecule has 1 heterocycles. The molecule has 7 heteroatoms. The standard InChI is InChI=1S/C17H27N3O3S/c1-4-20(5-2)24(22,23)15-8-6-7-14(11-15)17(21)19-16-12-18-10-9-13(16)3/h6-8,11,13,16,18H,4-5,9-10,12H2,1-3H3,(H,19,21). The van der Waals surface area contributed by atoms with Crippen LogP contribution in [-0.4, -0.2) is 50.9 Å². The van der Waals surface area contributed by atoms with Crippen LogP contribution in [0.2, 0.25) is 0 Å². The van der Waals surface area contributed by atoms with E-state index in [2.05, 4.69) is 17.6 Å². The van der Waals surface area contributed by atoms with Crippen LogP contribution in [0, 0.1) is 5.92 Å². The van der Waals surface area contributed by atoms with E-state index in [0.29, 0.717) is 24.6 Å². The van der Waals surface area contributed by atoms with Gasteiger partial charge in [-0.25, -0.2) is 8.42 Å². The van der Waals surface area contributed by atoms with E-state index in [1.165, 1.54) is 16.4 Å². The number of hydrogen-bond acceptors (Lipinski definition) is 4. The van der Waals surface area contributed by atoms with Gasteiger partial charge in [0.25, 0.3) is 5.91 Å². The maximum atomic E-state index is 12.6. The number of benzene rings is 1. The molecule has 1 aliphatic rings. The second-order valence-electron chi connectivity index (χ2n) is 6.17. The number of amides is 1. The van der Waals surface area contributed by atoms with E-state index in [1.807, 2.05) is 0 Å². The van der Waals surface area contributed by atoms with Crippen molar-refractivity contribution in [2.75, 3.05) is 26.2 Å². The predicted octanol–water partition coefficient (Wildman–Crippen LogP) is 1.44. The van der Waals surface area contributed by atoms with Gasteiger partial charge in [0.05, 0.1) is 4.90 Å². The van der Waals surface area contributed by atoms with E-state index in [0.717, 1.165) is 19.5 Å². The third-order valence-electron chi connectivity index (χ3n) is 4.58. The summed E-state index contributed by atoms with van der Waals surface area (Å²) in [6, 6.07) is 6.33. The molecule has 1 aromatic rings. The predicted molar refractivity (Wildman–Crippen MR) is 94.5 cm³/mol. The highest BCUT2D eigenvalue weighted by molar-refractivity contribution is 7.89. The third-order valence-corrected chi connectivity index (χ3v) is 6.63. The zero-order valence-corrected chi connectivity index (χ0v) is 15.4. The van der Waals surface area contributed by atoms with Crippen molar-refractivity contribution in [3.8, 4) is 0 Å². The Morgan fingerprint density at radius 3 is 2.67 bits per heavy atom. The number of nitrogens with one attached hydrogen (secondary N) is 2. The number of carbonyl (C=O) groups is 1. The van der Waals surface area contributed by atoms with E-state index in [-0.39, 0.29) is 16.8 Å². The summed E-state index contributed by atoms with van der Waals surface area (Å²) in [4.78, 5) is 12.7. The van der Waals surface area contributed by atoms with Gasteiger partial charge in [0.1, 0.15) is 0 Å². The lowest BCUT2D eigenvalue weighted by Gasteiger charge is -2.30. The Balaban J connectivity index is 2.19. The van der Waals surface area contributed by atoms with Gasteiger partial charge in [-0.2, -0.15) is 4.31 Å². The molecular weight excluding hydrogens is 326 g/mol. The van der Waals surface area contributed by atoms with Crippen molar-refractivity contribution in [3.63, 3.8) is 0 Å². The monoisotopic (exact) mass is 353 g/mol. The molecule has 2 atom stereocenters. The lowest BCUT2D eigenvalue weighted by molar-refractivity contribution is 0.0915. The van der Waals surface area contributed by atoms with Gasteiger partial charge in [0.15, 0.2) is 0 Å². The Hall–Kier alpha value is -1.44. The van der Waals surface area contributed by atoms with Crippen molar-refractivity contribution in [1.82, 2.24) is 14.9 Å². The van der Waals surface area contributed by atoms with Gasteiger partial charge >= 0.3 is 0 Å². The van der Waals surface area contributed by atoms with Gasteiger partial charge in [-0.05, 0) is 37.1 Å². The molecule has 6 nitrogen and oxygen atoms in total. The molecule has 1 amide bonds. The Bertz CT molecular complexity index is 671. The van der Waals surface area contributed by atoms with E-state index in [1.54, 1.807) is 26.0 Å². The van der Waals surface area contributed by atoms with Gasteiger partial charge in [0.2, 0.25) is 10.0 Å². The van der Waals surface area contributed by atoms with Crippen molar-refractivity contribution in [3.05, 3.63) is 29.8 Å². The first-order valence-corrected chi connectivity index (χ1v) is 9.96. The second-order valence-corrected chi connectivity index (χ2v) is 8.11. The van der Waals surface area contributed by atoms with Crippen LogP contribution in [-0.2, 0) is 10.0 Å². The number of hydrogen-bond donors (Lipinski definition) is 2. The van der Waals surface area contributed by atoms with Gasteiger partial charge in [-0.1, -0.05) is 26.8 Å². The van der Waals surface area contributed by atoms with Crippen LogP contribution in [0.1, 0.15) is 37.6 Å². The summed E-state index contributed by atoms with van der Waals surface area (Å²) in [6.07, 6.45) is 1.02. The molecule has 0 saturated carbocycles. The molecule has 1 fully saturated rings. The van der Waals surface area contributed by atoms with Crippen LogP contribution in [0.15, 0.2) is 29.2 Å². The molecule has 2 rings (SSSR count). The largest absolute Gasteiger partial charge is 0.348 e. The summed E-state index contributed by atoms with van der Waals surface area (Å²) in [6.45, 7) is 8.23. The zero-order chi connectivity index (χ0) is 17.7. The highest BCUT2D eigenvalue weighted by atomic mass is 32.2. The Kier molecular flexibility index (Phi) is 6.37. The maximum absolute atomic E-state index is 12.6. The average Bonchev–Trinajstić information content (AvgIpc) is 2.58. The molecule has 134 valence electrons. The van der Waals surface area contributed by atoms with Crippen LogP contribution in [0.3, 0.4) is 0 Å². The Morgan fingerprint density at radius 1 is 1.33 bits per heavy atom. The third kappa shape index (κ3) is 4.15. The van der Waals surface area contributed by atoms with Gasteiger partial charge in [0, 0.05) is 31.2 Å². The molecular formula is C17H27N3O3S. The van der Waals surface area contributed by atoms with Crippen LogP contribution in [0.25, 0.3) is 0 Å². The lowest BCUT2D eigenvalue weighted by atomic mass is 9.94. The van der Waals surface area contributed by atoms with Crippen molar-refractivity contribution >= 4 is 15.9 Å². The maximum Gasteiger partial charge on any atom is 0.251 e. The minimum Gasteiger partial charge on any atom is -0.348 e. The molecule has 2 N–H and O–H groups in total. The minimum atomic E-state index is -3.56. The van der Waals surface area contributed by atoms with E-state index in [4.69, 9.17) is 0 Å². The lowest BCUT2D eigenvalue weighted by Crippen LogP contribution is -2.50. The van der Waals surface area contributed by atoms with Gasteiger partial charge < -0.3 is 10.6 Å². The fraction of sp³-hybridized carbons (Fsp3) is 0.588. The van der Waals surface area contributed by atoms with Crippen LogP contribution >= 0.6 is 0 Å². The smallest absolute Gasteiger partial charge is 0.251 e. The van der Waals surface area contributed by atoms with E-state index >= 15 is 0 Å². The highest BCUT2D eigenvalue weighted by Crippen LogP contribution is 2.18. The summed E-state index contributed by atoms with van der Waals surface area (Å²) >= 11 is 0. The van der Waals surface area contributed by atoms with Crippen molar-refractivity contribution in [2.45, 2.75) is 38.1 Å². The quantitative estimate of drug-likeness (QED) is 0.811. The molecule has 0 aliphatic carbocycles. The number of carbonyl (C=O) groups excluding carboxylic acids is 1. The summed E-state index contributed by atoms with van der Waals surface area (Å²) in [5.74, 6) is 0.171. The van der Waals surface area contributed by atoms with Crippen molar-refractivity contribution in [2.24, 2.45) is 5.92 Å². The normalized spacial score (nSPS) is 21.7. The number of rotatable bonds is 6. The van der Waals surface area contributed by atoms with E-state index in [9.17, 15) is 13.2 Å². The summed E-state index contributed by atoms with van der Waals surface area (Å²) in [5, 5.41) is 6.28. The summed E-state index contributed by atoms with van der Waals surface area (Å²) in [5.41, 5.74) is 0.376. The summed E-state index contributed by atoms with van der Waals surface area (Å²) < 4.78 is 26.6. The minimum absolute atomic E-state index is 0.0642. The van der Waals surface area contributed by atoms with Crippen molar-refractivity contribution < 1.29 is 13.2 Å². The highest BCUT2D eigenvalue weighted by Gasteiger charge is 2.25. The number of sulfonamides is 1. The molecule has 1 aliphatic heterocycles. The zero-order valence-electron chi connectivity index (χ0n) is 14.6. The van der Waals surface area contributed by atoms with E-state index < -0.39 is 10.0 Å². The van der Waals surface area contributed by atoms with Crippen LogP contribution < -0.4 is 10.6 Å². The fourth-order valence-electron chi connectivity index (χ4n) is 2.95. The van der Waals surface area contributed by atoms with Crippen LogP contribution in [0.4, 0.5) is 0 Å². The van der Waals surface area contributed by atoms with Gasteiger partial charge in [-0.3, -0.25) is 4.79 Å². The van der Waals surface area contributed by atoms with Crippen LogP contribution in [0.5, 0.6) is 0 Å². The van der Waals surface area contributed by atoms with Crippen molar-refractivity contribution in [1.29, 1.82) is 0 Å². The molecule has 0 aromatic heterocycles. The molecule has 0 radical (unpaired) electrons. The topological polar surface area (TPSA) is 78.5 Å². The first-order chi connectivity index (χ1) is 11.4. The molecule has 0 bridgehead atoms. The average molecular weight is 353 g/mol. The number of piperidine rings is 1. The Morgan fingerprint density at radius 2 is 2.04 bits per heavy atom. The molecule has 1 aromatic carbocycles. The molecule has 24 heavy (non-hydrogen) atoms. The van der Waals surface area contributed by atoms with Gasteiger partial charge in [-0.15, -0.1) is 0 Å². The molecule has 1 saturated heterocycles. The first-order valence-electron chi connectivity index (χ1n) is 8.52. The first kappa shape index (κ1) is 18.9. The second kappa shape index (κ2) is 8.09. The SMILES string of the molecule is CCN(CC)S(=O)(=O)c1cccc(C(=O)NC2CNCCC2C)c1. The summed E-state index contributed by atoms with van der Waals surface area (Å²) in [7, 11) is -3.56. The molecule has 0 spiro atoms.